The Hall–Kier alpha value is -3.42. The minimum absolute atomic E-state index is 0.0797. The second-order valence-corrected chi connectivity index (χ2v) is 11.7. The van der Waals surface area contributed by atoms with E-state index in [9.17, 15) is 18.0 Å². The Balaban J connectivity index is 1.35. The highest BCUT2D eigenvalue weighted by Crippen LogP contribution is 2.37. The lowest BCUT2D eigenvalue weighted by Gasteiger charge is -2.33. The lowest BCUT2D eigenvalue weighted by atomic mass is 10.2. The summed E-state index contributed by atoms with van der Waals surface area (Å²) in [5.41, 5.74) is 1.20. The summed E-state index contributed by atoms with van der Waals surface area (Å²) in [7, 11) is -3.77. The molecule has 0 aliphatic carbocycles. The molecule has 5 rings (SSSR count). The molecule has 38 heavy (non-hydrogen) atoms. The van der Waals surface area contributed by atoms with E-state index in [1.807, 2.05) is 23.6 Å². The van der Waals surface area contributed by atoms with Gasteiger partial charge in [-0.25, -0.2) is 13.2 Å². The number of nitrogens with zero attached hydrogens (tertiary/aromatic N) is 4. The predicted molar refractivity (Wildman–Crippen MR) is 140 cm³/mol. The van der Waals surface area contributed by atoms with Gasteiger partial charge in [-0.3, -0.25) is 4.79 Å². The second kappa shape index (κ2) is 10.8. The van der Waals surface area contributed by atoms with E-state index < -0.39 is 22.0 Å². The summed E-state index contributed by atoms with van der Waals surface area (Å²) in [5.74, 6) is 0.866. The largest absolute Gasteiger partial charge is 0.454 e. The van der Waals surface area contributed by atoms with Gasteiger partial charge < -0.3 is 23.7 Å². The first-order valence-corrected chi connectivity index (χ1v) is 14.6. The summed E-state index contributed by atoms with van der Waals surface area (Å²) in [6, 6.07) is 9.58. The van der Waals surface area contributed by atoms with E-state index in [4.69, 9.17) is 14.2 Å². The summed E-state index contributed by atoms with van der Waals surface area (Å²) in [6.45, 7) is 5.73. The van der Waals surface area contributed by atoms with Crippen LogP contribution in [0.1, 0.15) is 30.6 Å². The number of ether oxygens (including phenoxy) is 3. The molecule has 1 fully saturated rings. The second-order valence-electron chi connectivity index (χ2n) is 8.74. The molecule has 0 bridgehead atoms. The highest BCUT2D eigenvalue weighted by atomic mass is 32.2. The van der Waals surface area contributed by atoms with Crippen molar-refractivity contribution in [2.24, 2.45) is 4.99 Å². The third-order valence-corrected chi connectivity index (χ3v) is 9.28. The molecule has 13 heteroatoms. The maximum absolute atomic E-state index is 13.1. The zero-order valence-electron chi connectivity index (χ0n) is 21.1. The number of thiazole rings is 1. The van der Waals surface area contributed by atoms with Crippen molar-refractivity contribution >= 4 is 43.6 Å². The topological polar surface area (TPSA) is 120 Å². The van der Waals surface area contributed by atoms with E-state index in [1.54, 1.807) is 6.92 Å². The number of rotatable bonds is 6. The summed E-state index contributed by atoms with van der Waals surface area (Å²) < 4.78 is 46.5. The highest BCUT2D eigenvalue weighted by Gasteiger charge is 2.30. The molecule has 202 valence electrons. The number of benzene rings is 2. The van der Waals surface area contributed by atoms with Crippen molar-refractivity contribution in [3.8, 4) is 11.5 Å². The van der Waals surface area contributed by atoms with Gasteiger partial charge >= 0.3 is 6.09 Å². The Morgan fingerprint density at radius 3 is 2.37 bits per heavy atom. The Morgan fingerprint density at radius 2 is 1.71 bits per heavy atom. The Bertz CT molecular complexity index is 1540. The van der Waals surface area contributed by atoms with Gasteiger partial charge in [0, 0.05) is 50.4 Å². The first kappa shape index (κ1) is 26.2. The molecule has 2 aliphatic rings. The average Bonchev–Trinajstić information content (AvgIpc) is 3.51. The molecule has 3 aromatic rings. The van der Waals surface area contributed by atoms with Crippen molar-refractivity contribution in [3.05, 3.63) is 46.8 Å². The minimum Gasteiger partial charge on any atom is -0.454 e. The number of amides is 2. The molecule has 0 N–H and O–H groups in total. The third-order valence-electron chi connectivity index (χ3n) is 6.33. The number of hydrogen-bond acceptors (Lipinski definition) is 8. The fraction of sp³-hybridized carbons (Fsp3) is 0.400. The van der Waals surface area contributed by atoms with Gasteiger partial charge in [-0.1, -0.05) is 18.3 Å². The number of aromatic nitrogens is 1. The number of carbonyl (C=O) groups is 2. The average molecular weight is 561 g/mol. The van der Waals surface area contributed by atoms with Crippen LogP contribution in [-0.2, 0) is 21.3 Å². The number of piperazine rings is 1. The van der Waals surface area contributed by atoms with Crippen LogP contribution in [0.4, 0.5) is 4.79 Å². The van der Waals surface area contributed by atoms with E-state index in [1.165, 1.54) is 44.8 Å². The van der Waals surface area contributed by atoms with Crippen LogP contribution in [0.25, 0.3) is 10.2 Å². The molecule has 2 aliphatic heterocycles. The van der Waals surface area contributed by atoms with Crippen LogP contribution in [0.2, 0.25) is 0 Å². The molecule has 3 heterocycles. The van der Waals surface area contributed by atoms with Gasteiger partial charge in [0.25, 0.3) is 5.91 Å². The molecule has 1 aromatic heterocycles. The molecular weight excluding hydrogens is 532 g/mol. The monoisotopic (exact) mass is 560 g/mol. The summed E-state index contributed by atoms with van der Waals surface area (Å²) in [4.78, 5) is 31.4. The van der Waals surface area contributed by atoms with Gasteiger partial charge in [0.15, 0.2) is 16.3 Å². The smallest absolute Gasteiger partial charge is 0.409 e. The molecule has 0 unspecified atom stereocenters. The highest BCUT2D eigenvalue weighted by molar-refractivity contribution is 7.89. The fourth-order valence-electron chi connectivity index (χ4n) is 4.38. The minimum atomic E-state index is -3.77. The van der Waals surface area contributed by atoms with Gasteiger partial charge in [0.2, 0.25) is 16.8 Å². The van der Waals surface area contributed by atoms with Crippen molar-refractivity contribution in [3.63, 3.8) is 0 Å². The van der Waals surface area contributed by atoms with E-state index in [0.717, 1.165) is 16.6 Å². The summed E-state index contributed by atoms with van der Waals surface area (Å²) in [5, 5.41) is 0. The quantitative estimate of drug-likeness (QED) is 0.455. The van der Waals surface area contributed by atoms with Crippen molar-refractivity contribution in [2.75, 3.05) is 39.6 Å². The van der Waals surface area contributed by atoms with E-state index in [-0.39, 0.29) is 50.0 Å². The Morgan fingerprint density at radius 1 is 1.03 bits per heavy atom. The van der Waals surface area contributed by atoms with Crippen LogP contribution in [0.5, 0.6) is 11.5 Å². The van der Waals surface area contributed by atoms with E-state index in [2.05, 4.69) is 4.99 Å². The predicted octanol–water partition coefficient (Wildman–Crippen LogP) is 3.05. The van der Waals surface area contributed by atoms with Gasteiger partial charge in [0.1, 0.15) is 0 Å². The van der Waals surface area contributed by atoms with Crippen LogP contribution in [0, 0.1) is 0 Å². The van der Waals surface area contributed by atoms with Crippen molar-refractivity contribution in [1.29, 1.82) is 0 Å². The fourth-order valence-corrected chi connectivity index (χ4v) is 6.87. The van der Waals surface area contributed by atoms with Crippen molar-refractivity contribution < 1.29 is 32.2 Å². The molecule has 2 aromatic carbocycles. The number of fused-ring (bicyclic) bond motifs is 2. The zero-order chi connectivity index (χ0) is 26.9. The third kappa shape index (κ3) is 5.00. The van der Waals surface area contributed by atoms with Crippen LogP contribution in [0.3, 0.4) is 0 Å². The normalized spacial score (nSPS) is 16.3. The van der Waals surface area contributed by atoms with Gasteiger partial charge in [0.05, 0.1) is 21.7 Å². The molecular formula is C25H28N4O7S2. The first-order chi connectivity index (χ1) is 18.3. The number of aryl methyl sites for hydroxylation is 1. The molecule has 11 nitrogen and oxygen atoms in total. The number of sulfonamides is 1. The molecule has 0 spiro atoms. The van der Waals surface area contributed by atoms with Crippen molar-refractivity contribution in [1.82, 2.24) is 13.8 Å². The van der Waals surface area contributed by atoms with Crippen LogP contribution < -0.4 is 14.3 Å². The molecule has 2 amide bonds. The van der Waals surface area contributed by atoms with E-state index >= 15 is 0 Å². The molecule has 1 saturated heterocycles. The van der Waals surface area contributed by atoms with Gasteiger partial charge in [-0.2, -0.15) is 9.30 Å². The SMILES string of the molecule is CCCn1c(=NC(=O)c2ccc(S(=O)(=O)N3CCN(C(=O)OCC)CC3)cc2)sc2cc3c(cc21)OCO3. The first-order valence-electron chi connectivity index (χ1n) is 12.4. The van der Waals surface area contributed by atoms with Crippen LogP contribution in [0.15, 0.2) is 46.3 Å². The van der Waals surface area contributed by atoms with Crippen LogP contribution >= 0.6 is 11.3 Å². The zero-order valence-corrected chi connectivity index (χ0v) is 22.7. The number of hydrogen-bond donors (Lipinski definition) is 0. The maximum atomic E-state index is 13.1. The van der Waals surface area contributed by atoms with Gasteiger partial charge in [-0.15, -0.1) is 0 Å². The van der Waals surface area contributed by atoms with Crippen molar-refractivity contribution in [2.45, 2.75) is 31.7 Å². The Labute approximate surface area is 223 Å². The lowest BCUT2D eigenvalue weighted by molar-refractivity contribution is 0.0933. The maximum Gasteiger partial charge on any atom is 0.409 e. The molecule has 0 atom stereocenters. The van der Waals surface area contributed by atoms with Crippen LogP contribution in [-0.4, -0.2) is 73.8 Å². The standard InChI is InChI=1S/C25H28N4O7S2/c1-3-9-29-19-14-20-21(36-16-35-20)15-22(19)37-24(29)26-23(30)17-5-7-18(8-6-17)38(32,33)28-12-10-27(11-13-28)25(31)34-4-2/h5-8,14-15H,3-4,9-13,16H2,1-2H3. The summed E-state index contributed by atoms with van der Waals surface area (Å²) in [6.07, 6.45) is 0.406. The number of carbonyl (C=O) groups excluding carboxylic acids is 2. The van der Waals surface area contributed by atoms with Gasteiger partial charge in [-0.05, 0) is 37.6 Å². The lowest BCUT2D eigenvalue weighted by Crippen LogP contribution is -2.50. The molecule has 0 radical (unpaired) electrons. The Kier molecular flexibility index (Phi) is 7.41. The molecule has 0 saturated carbocycles. The summed E-state index contributed by atoms with van der Waals surface area (Å²) >= 11 is 1.38. The van der Waals surface area contributed by atoms with E-state index in [0.29, 0.717) is 22.8 Å².